The Hall–Kier alpha value is -0.540. The lowest BCUT2D eigenvalue weighted by Gasteiger charge is -2.28. The molecule has 0 unspecified atom stereocenters. The predicted molar refractivity (Wildman–Crippen MR) is 68.5 cm³/mol. The van der Waals surface area contributed by atoms with Gasteiger partial charge in [-0.05, 0) is 30.5 Å². The van der Waals surface area contributed by atoms with Crippen LogP contribution >= 0.6 is 15.9 Å². The van der Waals surface area contributed by atoms with E-state index in [9.17, 15) is 0 Å². The first-order valence-corrected chi connectivity index (χ1v) is 6.77. The minimum absolute atomic E-state index is 0.391. The molecule has 16 heavy (non-hydrogen) atoms. The minimum Gasteiger partial charge on any atom is -0.497 e. The first kappa shape index (κ1) is 11.9. The quantitative estimate of drug-likeness (QED) is 0.793. The van der Waals surface area contributed by atoms with Crippen LogP contribution in [0.1, 0.15) is 24.3 Å². The van der Waals surface area contributed by atoms with Gasteiger partial charge in [0.25, 0.3) is 0 Å². The van der Waals surface area contributed by atoms with E-state index < -0.39 is 0 Å². The van der Waals surface area contributed by atoms with Crippen molar-refractivity contribution in [2.75, 3.05) is 19.0 Å². The van der Waals surface area contributed by atoms with Crippen LogP contribution in [0.3, 0.4) is 0 Å². The fourth-order valence-electron chi connectivity index (χ4n) is 2.09. The number of rotatable bonds is 3. The van der Waals surface area contributed by atoms with Crippen molar-refractivity contribution in [1.29, 1.82) is 0 Å². The highest BCUT2D eigenvalue weighted by molar-refractivity contribution is 9.09. The molecule has 1 heterocycles. The van der Waals surface area contributed by atoms with E-state index in [1.807, 2.05) is 12.1 Å². The molecule has 0 saturated carbocycles. The average Bonchev–Trinajstić information content (AvgIpc) is 2.39. The molecule has 2 nitrogen and oxygen atoms in total. The lowest BCUT2D eigenvalue weighted by molar-refractivity contribution is 0.0190. The van der Waals surface area contributed by atoms with Gasteiger partial charge < -0.3 is 9.47 Å². The van der Waals surface area contributed by atoms with Gasteiger partial charge in [-0.1, -0.05) is 28.1 Å². The molecule has 0 amide bonds. The van der Waals surface area contributed by atoms with Crippen molar-refractivity contribution >= 4 is 15.9 Å². The Labute approximate surface area is 105 Å². The van der Waals surface area contributed by atoms with Gasteiger partial charge in [-0.3, -0.25) is 0 Å². The summed E-state index contributed by atoms with van der Waals surface area (Å²) in [5.41, 5.74) is 1.33. The summed E-state index contributed by atoms with van der Waals surface area (Å²) in [5.74, 6) is 1.45. The molecule has 1 saturated heterocycles. The zero-order valence-electron chi connectivity index (χ0n) is 9.49. The molecule has 1 aromatic rings. The second-order valence-electron chi connectivity index (χ2n) is 4.16. The van der Waals surface area contributed by atoms with Crippen LogP contribution in [0.5, 0.6) is 5.75 Å². The summed E-state index contributed by atoms with van der Waals surface area (Å²) in [5, 5.41) is 0.942. The maximum Gasteiger partial charge on any atom is 0.119 e. The average molecular weight is 285 g/mol. The van der Waals surface area contributed by atoms with E-state index in [2.05, 4.69) is 28.1 Å². The second-order valence-corrected chi connectivity index (χ2v) is 4.81. The van der Waals surface area contributed by atoms with Gasteiger partial charge in [0, 0.05) is 11.2 Å². The topological polar surface area (TPSA) is 18.5 Å². The molecule has 2 rings (SSSR count). The van der Waals surface area contributed by atoms with Crippen molar-refractivity contribution in [2.45, 2.75) is 24.9 Å². The smallest absolute Gasteiger partial charge is 0.119 e. The lowest BCUT2D eigenvalue weighted by atomic mass is 9.91. The normalized spacial score (nSPS) is 25.4. The third kappa shape index (κ3) is 2.77. The molecule has 0 N–H and O–H groups in total. The van der Waals surface area contributed by atoms with E-state index in [4.69, 9.17) is 9.47 Å². The Balaban J connectivity index is 2.02. The first-order chi connectivity index (χ1) is 7.83. The van der Waals surface area contributed by atoms with Crippen LogP contribution < -0.4 is 4.74 Å². The molecule has 1 aromatic carbocycles. The molecule has 0 aromatic heterocycles. The molecular formula is C13H17BrO2. The van der Waals surface area contributed by atoms with Crippen LogP contribution in [0.4, 0.5) is 0 Å². The molecule has 0 spiro atoms. The number of hydrogen-bond donors (Lipinski definition) is 0. The highest BCUT2D eigenvalue weighted by Crippen LogP contribution is 2.30. The van der Waals surface area contributed by atoms with Crippen LogP contribution in [-0.4, -0.2) is 25.2 Å². The second kappa shape index (κ2) is 5.69. The SMILES string of the molecule is COc1cccc([C@H]2CC[C@@H](CBr)OC2)c1. The van der Waals surface area contributed by atoms with E-state index >= 15 is 0 Å². The molecular weight excluding hydrogens is 268 g/mol. The third-order valence-electron chi connectivity index (χ3n) is 3.11. The van der Waals surface area contributed by atoms with E-state index in [0.717, 1.165) is 24.1 Å². The Morgan fingerprint density at radius 3 is 2.94 bits per heavy atom. The molecule has 1 aliphatic rings. The van der Waals surface area contributed by atoms with Crippen molar-refractivity contribution < 1.29 is 9.47 Å². The van der Waals surface area contributed by atoms with E-state index in [0.29, 0.717) is 12.0 Å². The molecule has 1 aliphatic heterocycles. The minimum atomic E-state index is 0.391. The maximum absolute atomic E-state index is 5.78. The zero-order chi connectivity index (χ0) is 11.4. The number of halogens is 1. The van der Waals surface area contributed by atoms with Gasteiger partial charge in [-0.15, -0.1) is 0 Å². The lowest BCUT2D eigenvalue weighted by Crippen LogP contribution is -2.25. The maximum atomic E-state index is 5.78. The largest absolute Gasteiger partial charge is 0.497 e. The van der Waals surface area contributed by atoms with Gasteiger partial charge in [-0.2, -0.15) is 0 Å². The van der Waals surface area contributed by atoms with Gasteiger partial charge in [0.1, 0.15) is 5.75 Å². The van der Waals surface area contributed by atoms with Crippen LogP contribution in [0.25, 0.3) is 0 Å². The predicted octanol–water partition coefficient (Wildman–Crippen LogP) is 3.35. The fourth-order valence-corrected chi connectivity index (χ4v) is 2.60. The summed E-state index contributed by atoms with van der Waals surface area (Å²) in [6.45, 7) is 0.823. The van der Waals surface area contributed by atoms with Gasteiger partial charge in [0.05, 0.1) is 19.8 Å². The Morgan fingerprint density at radius 1 is 1.44 bits per heavy atom. The van der Waals surface area contributed by atoms with Crippen LogP contribution in [0.15, 0.2) is 24.3 Å². The summed E-state index contributed by atoms with van der Waals surface area (Å²) >= 11 is 3.46. The number of ether oxygens (including phenoxy) is 2. The summed E-state index contributed by atoms with van der Waals surface area (Å²) in [4.78, 5) is 0. The number of alkyl halides is 1. The summed E-state index contributed by atoms with van der Waals surface area (Å²) in [6, 6.07) is 8.30. The number of hydrogen-bond acceptors (Lipinski definition) is 2. The fraction of sp³-hybridized carbons (Fsp3) is 0.538. The monoisotopic (exact) mass is 284 g/mol. The summed E-state index contributed by atoms with van der Waals surface area (Å²) in [7, 11) is 1.71. The van der Waals surface area contributed by atoms with Crippen molar-refractivity contribution in [3.8, 4) is 5.75 Å². The van der Waals surface area contributed by atoms with Crippen LogP contribution in [-0.2, 0) is 4.74 Å². The molecule has 0 radical (unpaired) electrons. The Bertz CT molecular complexity index is 332. The van der Waals surface area contributed by atoms with Crippen molar-refractivity contribution in [1.82, 2.24) is 0 Å². The van der Waals surface area contributed by atoms with Gasteiger partial charge in [0.2, 0.25) is 0 Å². The molecule has 1 fully saturated rings. The van der Waals surface area contributed by atoms with E-state index in [-0.39, 0.29) is 0 Å². The highest BCUT2D eigenvalue weighted by atomic mass is 79.9. The van der Waals surface area contributed by atoms with Crippen LogP contribution in [0, 0.1) is 0 Å². The zero-order valence-corrected chi connectivity index (χ0v) is 11.1. The van der Waals surface area contributed by atoms with Crippen molar-refractivity contribution in [3.63, 3.8) is 0 Å². The molecule has 0 aliphatic carbocycles. The van der Waals surface area contributed by atoms with Crippen LogP contribution in [0.2, 0.25) is 0 Å². The van der Waals surface area contributed by atoms with Gasteiger partial charge >= 0.3 is 0 Å². The van der Waals surface area contributed by atoms with E-state index in [1.165, 1.54) is 12.0 Å². The highest BCUT2D eigenvalue weighted by Gasteiger charge is 2.22. The van der Waals surface area contributed by atoms with Gasteiger partial charge in [-0.25, -0.2) is 0 Å². The number of benzene rings is 1. The standard InChI is InChI=1S/C13H17BrO2/c1-15-12-4-2-3-10(7-12)11-5-6-13(8-14)16-9-11/h2-4,7,11,13H,5-6,8-9H2,1H3/t11-,13-/m0/s1. The molecule has 3 heteroatoms. The van der Waals surface area contributed by atoms with Gasteiger partial charge in [0.15, 0.2) is 0 Å². The Morgan fingerprint density at radius 2 is 2.31 bits per heavy atom. The third-order valence-corrected chi connectivity index (χ3v) is 3.83. The molecule has 0 bridgehead atoms. The first-order valence-electron chi connectivity index (χ1n) is 5.65. The Kier molecular flexibility index (Phi) is 4.24. The summed E-state index contributed by atoms with van der Waals surface area (Å²) in [6.07, 6.45) is 2.72. The van der Waals surface area contributed by atoms with Crippen molar-refractivity contribution in [3.05, 3.63) is 29.8 Å². The molecule has 88 valence electrons. The van der Waals surface area contributed by atoms with Crippen molar-refractivity contribution in [2.24, 2.45) is 0 Å². The van der Waals surface area contributed by atoms with E-state index in [1.54, 1.807) is 7.11 Å². The summed E-state index contributed by atoms with van der Waals surface area (Å²) < 4.78 is 11.0. The number of methoxy groups -OCH3 is 1. The molecule has 2 atom stereocenters.